The number of fused-ring (bicyclic) bond motifs is 2. The number of H-pyrrole nitrogens is 1. The average molecular weight is 530 g/mol. The van der Waals surface area contributed by atoms with Gasteiger partial charge in [0.15, 0.2) is 11.5 Å². The van der Waals surface area contributed by atoms with Crippen LogP contribution in [0.5, 0.6) is 17.2 Å². The van der Waals surface area contributed by atoms with Crippen LogP contribution >= 0.6 is 11.6 Å². The van der Waals surface area contributed by atoms with Gasteiger partial charge >= 0.3 is 0 Å². The SMILES string of the molecule is COc1cc2cc(C(=O)N3CC(CCl)c4ccc([N+](=O)[O-])cc43)[nH]c2c(OC)c1OC(C)(C)C(C)(C)C. The lowest BCUT2D eigenvalue weighted by Crippen LogP contribution is -2.42. The summed E-state index contributed by atoms with van der Waals surface area (Å²) in [4.78, 5) is 29.3. The van der Waals surface area contributed by atoms with Gasteiger partial charge in [-0.2, -0.15) is 0 Å². The molecule has 0 saturated carbocycles. The summed E-state index contributed by atoms with van der Waals surface area (Å²) in [5.41, 5.74) is 1.33. The van der Waals surface area contributed by atoms with Crippen LogP contribution in [0.15, 0.2) is 30.3 Å². The summed E-state index contributed by atoms with van der Waals surface area (Å²) in [6.45, 7) is 10.6. The minimum atomic E-state index is -0.572. The Hall–Kier alpha value is -3.46. The lowest BCUT2D eigenvalue weighted by molar-refractivity contribution is -0.384. The Morgan fingerprint density at radius 2 is 1.84 bits per heavy atom. The number of amides is 1. The first-order valence-corrected chi connectivity index (χ1v) is 12.5. The lowest BCUT2D eigenvalue weighted by atomic mass is 9.79. The summed E-state index contributed by atoms with van der Waals surface area (Å²) in [6, 6.07) is 8.04. The van der Waals surface area contributed by atoms with Crippen molar-refractivity contribution in [3.05, 3.63) is 51.7 Å². The monoisotopic (exact) mass is 529 g/mol. The van der Waals surface area contributed by atoms with E-state index < -0.39 is 10.5 Å². The van der Waals surface area contributed by atoms with Gasteiger partial charge in [-0.1, -0.05) is 20.8 Å². The highest BCUT2D eigenvalue weighted by Crippen LogP contribution is 2.48. The van der Waals surface area contributed by atoms with Crippen molar-refractivity contribution in [1.29, 1.82) is 0 Å². The molecule has 1 amide bonds. The minimum Gasteiger partial charge on any atom is -0.493 e. The number of aromatic nitrogens is 1. The predicted octanol–water partition coefficient (Wildman–Crippen LogP) is 6.28. The summed E-state index contributed by atoms with van der Waals surface area (Å²) in [5.74, 6) is 1.16. The predicted molar refractivity (Wildman–Crippen MR) is 144 cm³/mol. The van der Waals surface area contributed by atoms with Gasteiger partial charge in [0.1, 0.15) is 11.3 Å². The first-order valence-electron chi connectivity index (χ1n) is 12.0. The fraction of sp³-hybridized carbons (Fsp3) is 0.444. The number of nitrogens with zero attached hydrogens (tertiary/aromatic N) is 2. The first-order chi connectivity index (χ1) is 17.3. The summed E-state index contributed by atoms with van der Waals surface area (Å²) in [7, 11) is 3.09. The lowest BCUT2D eigenvalue weighted by Gasteiger charge is -2.39. The highest BCUT2D eigenvalue weighted by molar-refractivity contribution is 6.19. The standard InChI is InChI=1S/C27H32ClN3O6/c1-26(2,3)27(4,5)37-23-21(35-6)11-15-10-19(29-22(15)24(23)36-7)25(32)30-14-16(13-28)18-9-8-17(31(33)34)12-20(18)30/h8-12,16,29H,13-14H2,1-7H3. The Labute approximate surface area is 220 Å². The molecule has 0 spiro atoms. The number of carbonyl (C=O) groups is 1. The zero-order valence-corrected chi connectivity index (χ0v) is 22.9. The second-order valence-corrected chi connectivity index (χ2v) is 11.0. The highest BCUT2D eigenvalue weighted by atomic mass is 35.5. The van der Waals surface area contributed by atoms with Crippen LogP contribution in [0.2, 0.25) is 0 Å². The van der Waals surface area contributed by atoms with Gasteiger partial charge in [-0.05, 0) is 37.6 Å². The number of hydrogen-bond donors (Lipinski definition) is 1. The van der Waals surface area contributed by atoms with E-state index in [0.29, 0.717) is 46.1 Å². The van der Waals surface area contributed by atoms with Crippen molar-refractivity contribution in [3.63, 3.8) is 0 Å². The normalized spacial score (nSPS) is 15.6. The molecule has 0 radical (unpaired) electrons. The number of halogens is 1. The van der Waals surface area contributed by atoms with Crippen molar-refractivity contribution in [1.82, 2.24) is 4.98 Å². The Bertz CT molecular complexity index is 1370. The fourth-order valence-electron chi connectivity index (χ4n) is 4.28. The number of anilines is 1. The number of nitro benzene ring substituents is 1. The number of alkyl halides is 1. The number of ether oxygens (including phenoxy) is 3. The number of rotatable bonds is 7. The van der Waals surface area contributed by atoms with E-state index in [4.69, 9.17) is 25.8 Å². The van der Waals surface area contributed by atoms with E-state index in [0.717, 1.165) is 5.56 Å². The molecule has 1 atom stereocenters. The maximum Gasteiger partial charge on any atom is 0.274 e. The van der Waals surface area contributed by atoms with Crippen LogP contribution in [0.4, 0.5) is 11.4 Å². The Morgan fingerprint density at radius 1 is 1.14 bits per heavy atom. The molecule has 1 aromatic heterocycles. The second kappa shape index (κ2) is 9.45. The third-order valence-electron chi connectivity index (χ3n) is 7.40. The van der Waals surface area contributed by atoms with Crippen molar-refractivity contribution < 1.29 is 23.9 Å². The van der Waals surface area contributed by atoms with Crippen molar-refractivity contribution >= 4 is 39.8 Å². The average Bonchev–Trinajstić information content (AvgIpc) is 3.43. The summed E-state index contributed by atoms with van der Waals surface area (Å²) in [6.07, 6.45) is 0. The Morgan fingerprint density at radius 3 is 2.41 bits per heavy atom. The van der Waals surface area contributed by atoms with Gasteiger partial charge < -0.3 is 24.1 Å². The van der Waals surface area contributed by atoms with E-state index >= 15 is 0 Å². The molecule has 1 unspecified atom stereocenters. The van der Waals surface area contributed by atoms with Gasteiger partial charge in [0.05, 0.1) is 30.3 Å². The van der Waals surface area contributed by atoms with E-state index in [-0.39, 0.29) is 28.8 Å². The third-order valence-corrected chi connectivity index (χ3v) is 7.77. The largest absolute Gasteiger partial charge is 0.493 e. The van der Waals surface area contributed by atoms with E-state index in [1.54, 1.807) is 25.3 Å². The van der Waals surface area contributed by atoms with Gasteiger partial charge in [0, 0.05) is 41.3 Å². The molecule has 10 heteroatoms. The number of aromatic amines is 1. The molecule has 3 aromatic rings. The maximum atomic E-state index is 13.7. The smallest absolute Gasteiger partial charge is 0.274 e. The Balaban J connectivity index is 1.80. The van der Waals surface area contributed by atoms with Crippen molar-refractivity contribution in [2.24, 2.45) is 5.41 Å². The van der Waals surface area contributed by atoms with Gasteiger partial charge in [-0.3, -0.25) is 14.9 Å². The van der Waals surface area contributed by atoms with Crippen LogP contribution in [0.25, 0.3) is 10.9 Å². The first kappa shape index (κ1) is 26.6. The molecule has 2 heterocycles. The topological polar surface area (TPSA) is 107 Å². The van der Waals surface area contributed by atoms with Crippen LogP contribution in [0, 0.1) is 15.5 Å². The molecule has 198 valence electrons. The molecule has 0 aliphatic carbocycles. The number of methoxy groups -OCH3 is 2. The van der Waals surface area contributed by atoms with Crippen LogP contribution in [0.1, 0.15) is 56.6 Å². The molecule has 9 nitrogen and oxygen atoms in total. The molecule has 1 aliphatic heterocycles. The molecular weight excluding hydrogens is 498 g/mol. The second-order valence-electron chi connectivity index (χ2n) is 10.7. The summed E-state index contributed by atoms with van der Waals surface area (Å²) < 4.78 is 17.9. The number of benzene rings is 2. The van der Waals surface area contributed by atoms with Gasteiger partial charge in [-0.25, -0.2) is 0 Å². The van der Waals surface area contributed by atoms with Crippen molar-refractivity contribution in [3.8, 4) is 17.2 Å². The van der Waals surface area contributed by atoms with Gasteiger partial charge in [-0.15, -0.1) is 11.6 Å². The molecule has 1 N–H and O–H groups in total. The maximum absolute atomic E-state index is 13.7. The highest BCUT2D eigenvalue weighted by Gasteiger charge is 2.38. The summed E-state index contributed by atoms with van der Waals surface area (Å²) >= 11 is 6.17. The van der Waals surface area contributed by atoms with Crippen LogP contribution in [-0.2, 0) is 0 Å². The van der Waals surface area contributed by atoms with Gasteiger partial charge in [0.25, 0.3) is 11.6 Å². The molecule has 37 heavy (non-hydrogen) atoms. The van der Waals surface area contributed by atoms with Crippen LogP contribution in [0.3, 0.4) is 0 Å². The van der Waals surface area contributed by atoms with Crippen molar-refractivity contribution in [2.75, 3.05) is 31.5 Å². The molecule has 2 aromatic carbocycles. The van der Waals surface area contributed by atoms with E-state index in [9.17, 15) is 14.9 Å². The van der Waals surface area contributed by atoms with E-state index in [1.807, 2.05) is 13.8 Å². The third kappa shape index (κ3) is 4.56. The van der Waals surface area contributed by atoms with Crippen LogP contribution < -0.4 is 19.1 Å². The summed E-state index contributed by atoms with van der Waals surface area (Å²) in [5, 5.41) is 12.1. The minimum absolute atomic E-state index is 0.0851. The number of non-ortho nitro benzene ring substituents is 1. The van der Waals surface area contributed by atoms with Crippen LogP contribution in [-0.4, -0.2) is 48.1 Å². The zero-order chi connectivity index (χ0) is 27.3. The van der Waals surface area contributed by atoms with Crippen molar-refractivity contribution in [2.45, 2.75) is 46.1 Å². The number of nitro groups is 1. The van der Waals surface area contributed by atoms with Gasteiger partial charge in [0.2, 0.25) is 5.75 Å². The number of nitrogens with one attached hydrogen (secondary N) is 1. The molecular formula is C27H32ClN3O6. The zero-order valence-electron chi connectivity index (χ0n) is 22.1. The molecule has 1 aliphatic rings. The molecule has 0 fully saturated rings. The number of carbonyl (C=O) groups excluding carboxylic acids is 1. The Kier molecular flexibility index (Phi) is 6.79. The molecule has 4 rings (SSSR count). The quantitative estimate of drug-likeness (QED) is 0.219. The van der Waals surface area contributed by atoms with E-state index in [1.165, 1.54) is 24.1 Å². The fourth-order valence-corrected chi connectivity index (χ4v) is 4.55. The molecule has 0 saturated heterocycles. The molecule has 0 bridgehead atoms. The van der Waals surface area contributed by atoms with E-state index in [2.05, 4.69) is 25.8 Å². The number of hydrogen-bond acceptors (Lipinski definition) is 6.